The Labute approximate surface area is 204 Å². The fraction of sp³-hybridized carbons (Fsp3) is 0.846. The molecular weight excluding hydrogens is 432 g/mol. The van der Waals surface area contributed by atoms with E-state index in [2.05, 4.69) is 48.3 Å². The molecule has 2 amide bonds. The number of aliphatic imine (C=N–C) groups is 2. The van der Waals surface area contributed by atoms with Gasteiger partial charge in [0.05, 0.1) is 12.1 Å². The number of ether oxygens (including phenoxy) is 2. The Morgan fingerprint density at radius 1 is 0.765 bits per heavy atom. The lowest BCUT2D eigenvalue weighted by molar-refractivity contribution is -0.130. The number of carbonyl (C=O) groups excluding carboxylic acids is 2. The zero-order valence-electron chi connectivity index (χ0n) is 22.2. The summed E-state index contributed by atoms with van der Waals surface area (Å²) in [5.41, 5.74) is -1.74. The molecule has 1 saturated carbocycles. The maximum absolute atomic E-state index is 13.3. The lowest BCUT2D eigenvalue weighted by atomic mass is 9.85. The molecule has 0 aromatic carbocycles. The lowest BCUT2D eigenvalue weighted by Gasteiger charge is -2.36. The minimum absolute atomic E-state index is 0.0852. The summed E-state index contributed by atoms with van der Waals surface area (Å²) in [7, 11) is 0. The van der Waals surface area contributed by atoms with Gasteiger partial charge in [0.2, 0.25) is 11.8 Å². The van der Waals surface area contributed by atoms with Crippen LogP contribution in [-0.2, 0) is 19.1 Å². The molecule has 0 saturated heterocycles. The highest BCUT2D eigenvalue weighted by Gasteiger charge is 2.44. The van der Waals surface area contributed by atoms with Gasteiger partial charge in [0.15, 0.2) is 11.8 Å². The SMILES string of the molecule is CC(C)[C@@H]1COC(C(C)(C)C(=O)N[C@@H]2CCCC[C@H]2NC(=O)C(C)(C)C2=N[C@H](C(C)C)CO2)=N1. The highest BCUT2D eigenvalue weighted by Crippen LogP contribution is 2.29. The summed E-state index contributed by atoms with van der Waals surface area (Å²) in [5.74, 6) is 1.48. The van der Waals surface area contributed by atoms with Crippen molar-refractivity contribution in [3.05, 3.63) is 0 Å². The lowest BCUT2D eigenvalue weighted by Crippen LogP contribution is -2.58. The number of nitrogens with one attached hydrogen (secondary N) is 2. The summed E-state index contributed by atoms with van der Waals surface area (Å²) in [4.78, 5) is 36.0. The summed E-state index contributed by atoms with van der Waals surface area (Å²) in [5, 5.41) is 6.41. The van der Waals surface area contributed by atoms with E-state index in [1.165, 1.54) is 0 Å². The van der Waals surface area contributed by atoms with E-state index in [0.29, 0.717) is 36.8 Å². The normalized spacial score (nSPS) is 27.7. The van der Waals surface area contributed by atoms with Crippen molar-refractivity contribution < 1.29 is 19.1 Å². The van der Waals surface area contributed by atoms with Crippen LogP contribution >= 0.6 is 0 Å². The molecule has 2 N–H and O–H groups in total. The Kier molecular flexibility index (Phi) is 7.98. The summed E-state index contributed by atoms with van der Waals surface area (Å²) in [6.45, 7) is 16.9. The summed E-state index contributed by atoms with van der Waals surface area (Å²) in [6, 6.07) is -0.111. The van der Waals surface area contributed by atoms with Crippen molar-refractivity contribution in [3.8, 4) is 0 Å². The van der Waals surface area contributed by atoms with E-state index in [1.54, 1.807) is 0 Å². The summed E-state index contributed by atoms with van der Waals surface area (Å²) >= 11 is 0. The molecule has 2 aliphatic heterocycles. The van der Waals surface area contributed by atoms with E-state index in [0.717, 1.165) is 25.7 Å². The van der Waals surface area contributed by atoms with Gasteiger partial charge in [0.25, 0.3) is 0 Å². The van der Waals surface area contributed by atoms with Gasteiger partial charge in [-0.25, -0.2) is 9.98 Å². The van der Waals surface area contributed by atoms with Crippen molar-refractivity contribution in [2.75, 3.05) is 13.2 Å². The van der Waals surface area contributed by atoms with E-state index in [-0.39, 0.29) is 36.0 Å². The molecule has 3 aliphatic rings. The van der Waals surface area contributed by atoms with E-state index in [1.807, 2.05) is 27.7 Å². The number of nitrogens with zero attached hydrogens (tertiary/aromatic N) is 2. The number of rotatable bonds is 8. The molecule has 8 nitrogen and oxygen atoms in total. The van der Waals surface area contributed by atoms with Gasteiger partial charge in [-0.3, -0.25) is 9.59 Å². The van der Waals surface area contributed by atoms with Gasteiger partial charge in [-0.15, -0.1) is 0 Å². The van der Waals surface area contributed by atoms with Crippen molar-refractivity contribution in [2.24, 2.45) is 32.7 Å². The Hall–Kier alpha value is -2.12. The van der Waals surface area contributed by atoms with Gasteiger partial charge in [0, 0.05) is 12.1 Å². The van der Waals surface area contributed by atoms with Crippen LogP contribution in [-0.4, -0.2) is 61.0 Å². The van der Waals surface area contributed by atoms with Crippen LogP contribution in [0.25, 0.3) is 0 Å². The van der Waals surface area contributed by atoms with Gasteiger partial charge < -0.3 is 20.1 Å². The van der Waals surface area contributed by atoms with Crippen molar-refractivity contribution in [3.63, 3.8) is 0 Å². The third-order valence-electron chi connectivity index (χ3n) is 7.49. The first-order valence-corrected chi connectivity index (χ1v) is 12.9. The number of hydrogen-bond acceptors (Lipinski definition) is 6. The topological polar surface area (TPSA) is 101 Å². The Bertz CT molecular complexity index is 763. The summed E-state index contributed by atoms with van der Waals surface area (Å²) < 4.78 is 11.6. The van der Waals surface area contributed by atoms with Crippen LogP contribution < -0.4 is 10.6 Å². The molecule has 0 radical (unpaired) electrons. The highest BCUT2D eigenvalue weighted by atomic mass is 16.5. The maximum Gasteiger partial charge on any atom is 0.235 e. The predicted octanol–water partition coefficient (Wildman–Crippen LogP) is 3.49. The fourth-order valence-electron chi connectivity index (χ4n) is 4.51. The van der Waals surface area contributed by atoms with Crippen LogP contribution in [0.2, 0.25) is 0 Å². The second-order valence-electron chi connectivity index (χ2n) is 11.8. The molecule has 1 aliphatic carbocycles. The van der Waals surface area contributed by atoms with E-state index in [9.17, 15) is 9.59 Å². The molecule has 8 heteroatoms. The molecule has 192 valence electrons. The van der Waals surface area contributed by atoms with Gasteiger partial charge in [0.1, 0.15) is 24.0 Å². The number of carbonyl (C=O) groups is 2. The van der Waals surface area contributed by atoms with Gasteiger partial charge in [-0.05, 0) is 52.4 Å². The van der Waals surface area contributed by atoms with E-state index in [4.69, 9.17) is 9.47 Å². The zero-order valence-corrected chi connectivity index (χ0v) is 22.2. The summed E-state index contributed by atoms with van der Waals surface area (Å²) in [6.07, 6.45) is 3.67. The van der Waals surface area contributed by atoms with Crippen molar-refractivity contribution in [1.29, 1.82) is 0 Å². The first kappa shape index (κ1) is 26.5. The molecule has 1 fully saturated rings. The predicted molar refractivity (Wildman–Crippen MR) is 134 cm³/mol. The first-order valence-electron chi connectivity index (χ1n) is 12.9. The van der Waals surface area contributed by atoms with Crippen LogP contribution in [0.4, 0.5) is 0 Å². The van der Waals surface area contributed by atoms with Crippen LogP contribution in [0.1, 0.15) is 81.1 Å². The van der Waals surface area contributed by atoms with Crippen molar-refractivity contribution in [1.82, 2.24) is 10.6 Å². The van der Waals surface area contributed by atoms with E-state index < -0.39 is 10.8 Å². The average molecular weight is 477 g/mol. The van der Waals surface area contributed by atoms with Crippen LogP contribution in [0.5, 0.6) is 0 Å². The van der Waals surface area contributed by atoms with Gasteiger partial charge in [-0.1, -0.05) is 40.5 Å². The highest BCUT2D eigenvalue weighted by molar-refractivity contribution is 6.06. The van der Waals surface area contributed by atoms with Gasteiger partial charge >= 0.3 is 0 Å². The molecule has 0 unspecified atom stereocenters. The second-order valence-corrected chi connectivity index (χ2v) is 11.8. The molecule has 0 aromatic rings. The monoisotopic (exact) mass is 476 g/mol. The molecule has 0 spiro atoms. The molecule has 4 atom stereocenters. The van der Waals surface area contributed by atoms with Crippen LogP contribution in [0.3, 0.4) is 0 Å². The number of amides is 2. The smallest absolute Gasteiger partial charge is 0.235 e. The Balaban J connectivity index is 1.66. The molecular formula is C26H44N4O4. The van der Waals surface area contributed by atoms with E-state index >= 15 is 0 Å². The molecule has 0 bridgehead atoms. The minimum Gasteiger partial charge on any atom is -0.478 e. The minimum atomic E-state index is -0.868. The zero-order chi connectivity index (χ0) is 25.3. The van der Waals surface area contributed by atoms with Crippen LogP contribution in [0, 0.1) is 22.7 Å². The van der Waals surface area contributed by atoms with Crippen molar-refractivity contribution in [2.45, 2.75) is 105 Å². The quantitative estimate of drug-likeness (QED) is 0.560. The van der Waals surface area contributed by atoms with Crippen molar-refractivity contribution >= 4 is 23.6 Å². The molecule has 34 heavy (non-hydrogen) atoms. The van der Waals surface area contributed by atoms with Crippen LogP contribution in [0.15, 0.2) is 9.98 Å². The van der Waals surface area contributed by atoms with Gasteiger partial charge in [-0.2, -0.15) is 0 Å². The first-order chi connectivity index (χ1) is 15.8. The third kappa shape index (κ3) is 5.57. The molecule has 3 rings (SSSR count). The Morgan fingerprint density at radius 2 is 1.12 bits per heavy atom. The molecule has 0 aromatic heterocycles. The number of hydrogen-bond donors (Lipinski definition) is 2. The average Bonchev–Trinajstić information content (AvgIpc) is 3.46. The maximum atomic E-state index is 13.3. The fourth-order valence-corrected chi connectivity index (χ4v) is 4.51. The second kappa shape index (κ2) is 10.2. The largest absolute Gasteiger partial charge is 0.478 e. The standard InChI is InChI=1S/C26H44N4O4/c1-15(2)19-13-33-23(29-19)25(5,6)21(31)27-17-11-9-10-12-18(17)28-22(32)26(7,8)24-30-20(14-34-24)16(3)4/h15-20H,9-14H2,1-8H3,(H,27,31)(H,28,32)/t17-,18-,19+,20+/m1/s1. The Morgan fingerprint density at radius 3 is 1.41 bits per heavy atom. The molecule has 2 heterocycles. The third-order valence-corrected chi connectivity index (χ3v) is 7.49.